The second-order valence-corrected chi connectivity index (χ2v) is 7.12. The topological polar surface area (TPSA) is 77.8 Å². The fraction of sp³-hybridized carbons (Fsp3) is 1.00. The van der Waals surface area contributed by atoms with Gasteiger partial charge in [0, 0.05) is 6.04 Å². The molecule has 0 aromatic carbocycles. The normalized spacial score (nSPS) is 43.9. The lowest BCUT2D eigenvalue weighted by molar-refractivity contribution is 0.0476. The van der Waals surface area contributed by atoms with Gasteiger partial charge in [0.2, 0.25) is 0 Å². The summed E-state index contributed by atoms with van der Waals surface area (Å²) in [6, 6.07) is -0.333. The molecule has 2 heterocycles. The third-order valence-corrected chi connectivity index (χ3v) is 5.53. The van der Waals surface area contributed by atoms with Gasteiger partial charge in [-0.3, -0.25) is 4.90 Å². The quantitative estimate of drug-likeness (QED) is 0.646. The molecule has 6 heteroatoms. The number of aliphatic hydroxyl groups is 2. The predicted molar refractivity (Wildman–Crippen MR) is 59.8 cm³/mol. The SMILES string of the molecule is CC1CCN(C2CS(=O)(=O)CC2O)C1CO. The van der Waals surface area contributed by atoms with Crippen LogP contribution in [-0.2, 0) is 9.84 Å². The summed E-state index contributed by atoms with van der Waals surface area (Å²) in [5.41, 5.74) is 0. The number of hydrogen-bond acceptors (Lipinski definition) is 5. The molecular weight excluding hydrogens is 230 g/mol. The molecule has 4 atom stereocenters. The Bertz CT molecular complexity index is 356. The highest BCUT2D eigenvalue weighted by Gasteiger charge is 2.45. The van der Waals surface area contributed by atoms with Crippen LogP contribution in [0.5, 0.6) is 0 Å². The number of sulfone groups is 1. The second kappa shape index (κ2) is 4.25. The molecule has 0 saturated carbocycles. The van der Waals surface area contributed by atoms with E-state index >= 15 is 0 Å². The van der Waals surface area contributed by atoms with Crippen molar-refractivity contribution in [1.29, 1.82) is 0 Å². The third kappa shape index (κ3) is 2.11. The highest BCUT2D eigenvalue weighted by Crippen LogP contribution is 2.30. The van der Waals surface area contributed by atoms with Crippen molar-refractivity contribution in [3.8, 4) is 0 Å². The van der Waals surface area contributed by atoms with Gasteiger partial charge in [-0.05, 0) is 18.9 Å². The molecule has 2 fully saturated rings. The van der Waals surface area contributed by atoms with Crippen LogP contribution in [0.15, 0.2) is 0 Å². The molecule has 2 saturated heterocycles. The summed E-state index contributed by atoms with van der Waals surface area (Å²) in [5.74, 6) is 0.249. The molecule has 5 nitrogen and oxygen atoms in total. The van der Waals surface area contributed by atoms with Crippen molar-refractivity contribution in [2.75, 3.05) is 24.7 Å². The van der Waals surface area contributed by atoms with Crippen LogP contribution in [0.1, 0.15) is 13.3 Å². The van der Waals surface area contributed by atoms with E-state index in [1.165, 1.54) is 0 Å². The molecule has 0 aromatic rings. The van der Waals surface area contributed by atoms with E-state index in [1.54, 1.807) is 0 Å². The van der Waals surface area contributed by atoms with Crippen molar-refractivity contribution in [3.05, 3.63) is 0 Å². The van der Waals surface area contributed by atoms with Crippen LogP contribution < -0.4 is 0 Å². The maximum Gasteiger partial charge on any atom is 0.154 e. The molecule has 0 amide bonds. The van der Waals surface area contributed by atoms with E-state index in [0.29, 0.717) is 5.92 Å². The molecule has 0 radical (unpaired) electrons. The zero-order valence-corrected chi connectivity index (χ0v) is 10.2. The third-order valence-electron chi connectivity index (χ3n) is 3.83. The Morgan fingerprint density at radius 3 is 2.56 bits per heavy atom. The maximum atomic E-state index is 11.4. The molecule has 0 aliphatic carbocycles. The van der Waals surface area contributed by atoms with Gasteiger partial charge in [0.15, 0.2) is 9.84 Å². The van der Waals surface area contributed by atoms with E-state index in [4.69, 9.17) is 0 Å². The lowest BCUT2D eigenvalue weighted by Gasteiger charge is -2.31. The van der Waals surface area contributed by atoms with Crippen molar-refractivity contribution >= 4 is 9.84 Å². The lowest BCUT2D eigenvalue weighted by atomic mass is 10.0. The summed E-state index contributed by atoms with van der Waals surface area (Å²) in [5, 5.41) is 19.1. The fourth-order valence-electron chi connectivity index (χ4n) is 2.86. The molecule has 0 bridgehead atoms. The largest absolute Gasteiger partial charge is 0.395 e. The molecule has 2 N–H and O–H groups in total. The van der Waals surface area contributed by atoms with Gasteiger partial charge in [0.1, 0.15) is 0 Å². The molecule has 2 rings (SSSR count). The number of nitrogens with zero attached hydrogens (tertiary/aromatic N) is 1. The molecule has 4 unspecified atom stereocenters. The Morgan fingerprint density at radius 1 is 1.38 bits per heavy atom. The molecule has 0 aromatic heterocycles. The van der Waals surface area contributed by atoms with Crippen LogP contribution in [0.4, 0.5) is 0 Å². The van der Waals surface area contributed by atoms with Gasteiger partial charge in [-0.15, -0.1) is 0 Å². The Morgan fingerprint density at radius 2 is 2.06 bits per heavy atom. The van der Waals surface area contributed by atoms with E-state index in [9.17, 15) is 18.6 Å². The van der Waals surface area contributed by atoms with Crippen LogP contribution in [-0.4, -0.2) is 66.4 Å². The first-order chi connectivity index (χ1) is 7.44. The summed E-state index contributed by atoms with van der Waals surface area (Å²) < 4.78 is 22.9. The summed E-state index contributed by atoms with van der Waals surface area (Å²) >= 11 is 0. The van der Waals surface area contributed by atoms with E-state index in [-0.39, 0.29) is 30.2 Å². The van der Waals surface area contributed by atoms with Gasteiger partial charge in [0.05, 0.1) is 30.3 Å². The molecule has 94 valence electrons. The van der Waals surface area contributed by atoms with Crippen molar-refractivity contribution in [2.45, 2.75) is 31.5 Å². The molecule has 2 aliphatic heterocycles. The Hall–Kier alpha value is -0.170. The monoisotopic (exact) mass is 249 g/mol. The van der Waals surface area contributed by atoms with Crippen molar-refractivity contribution in [2.24, 2.45) is 5.92 Å². The number of rotatable bonds is 2. The summed E-state index contributed by atoms with van der Waals surface area (Å²) in [6.45, 7) is 2.85. The lowest BCUT2D eigenvalue weighted by Crippen LogP contribution is -2.48. The van der Waals surface area contributed by atoms with Gasteiger partial charge in [-0.2, -0.15) is 0 Å². The average Bonchev–Trinajstić information content (AvgIpc) is 2.66. The van der Waals surface area contributed by atoms with Crippen molar-refractivity contribution < 1.29 is 18.6 Å². The Kier molecular flexibility index (Phi) is 3.27. The van der Waals surface area contributed by atoms with E-state index in [0.717, 1.165) is 13.0 Å². The summed E-state index contributed by atoms with van der Waals surface area (Å²) in [6.07, 6.45) is 0.151. The van der Waals surface area contributed by atoms with Gasteiger partial charge in [-0.1, -0.05) is 6.92 Å². The first-order valence-corrected chi connectivity index (χ1v) is 7.52. The molecular formula is C10H19NO4S. The van der Waals surface area contributed by atoms with E-state index in [2.05, 4.69) is 6.92 Å². The zero-order valence-electron chi connectivity index (χ0n) is 9.41. The molecule has 2 aliphatic rings. The average molecular weight is 249 g/mol. The van der Waals surface area contributed by atoms with Crippen LogP contribution in [0.25, 0.3) is 0 Å². The fourth-order valence-corrected chi connectivity index (χ4v) is 4.67. The van der Waals surface area contributed by atoms with Gasteiger partial charge in [0.25, 0.3) is 0 Å². The molecule has 16 heavy (non-hydrogen) atoms. The minimum atomic E-state index is -3.10. The van der Waals surface area contributed by atoms with Gasteiger partial charge >= 0.3 is 0 Å². The summed E-state index contributed by atoms with van der Waals surface area (Å²) in [4.78, 5) is 1.97. The first kappa shape index (κ1) is 12.3. The summed E-state index contributed by atoms with van der Waals surface area (Å²) in [7, 11) is -3.10. The maximum absolute atomic E-state index is 11.4. The zero-order chi connectivity index (χ0) is 11.9. The van der Waals surface area contributed by atoms with Crippen LogP contribution >= 0.6 is 0 Å². The van der Waals surface area contributed by atoms with E-state index in [1.807, 2.05) is 4.90 Å². The van der Waals surface area contributed by atoms with Crippen LogP contribution in [0.2, 0.25) is 0 Å². The highest BCUT2D eigenvalue weighted by molar-refractivity contribution is 7.91. The Labute approximate surface area is 96.0 Å². The highest BCUT2D eigenvalue weighted by atomic mass is 32.2. The standard InChI is InChI=1S/C10H19NO4S/c1-7-2-3-11(8(7)4-12)9-5-16(14,15)6-10(9)13/h7-10,12-13H,2-6H2,1H3. The van der Waals surface area contributed by atoms with E-state index < -0.39 is 15.9 Å². The van der Waals surface area contributed by atoms with Crippen LogP contribution in [0.3, 0.4) is 0 Å². The smallest absolute Gasteiger partial charge is 0.154 e. The van der Waals surface area contributed by atoms with Crippen LogP contribution in [0, 0.1) is 5.92 Å². The first-order valence-electron chi connectivity index (χ1n) is 5.69. The minimum Gasteiger partial charge on any atom is -0.395 e. The Balaban J connectivity index is 2.14. The minimum absolute atomic E-state index is 0.00653. The number of aliphatic hydroxyl groups excluding tert-OH is 2. The number of hydrogen-bond donors (Lipinski definition) is 2. The van der Waals surface area contributed by atoms with Gasteiger partial charge < -0.3 is 10.2 Å². The number of likely N-dealkylation sites (tertiary alicyclic amines) is 1. The van der Waals surface area contributed by atoms with Crippen molar-refractivity contribution in [3.63, 3.8) is 0 Å². The van der Waals surface area contributed by atoms with Crippen molar-refractivity contribution in [1.82, 2.24) is 4.90 Å². The second-order valence-electron chi connectivity index (χ2n) is 4.97. The molecule has 0 spiro atoms. The van der Waals surface area contributed by atoms with Gasteiger partial charge in [-0.25, -0.2) is 8.42 Å². The predicted octanol–water partition coefficient (Wildman–Crippen LogP) is -1.15.